The number of aromatic nitrogens is 2. The molecule has 3 N–H and O–H groups in total. The van der Waals surface area contributed by atoms with Gasteiger partial charge >= 0.3 is 5.97 Å². The number of hydrogen-bond acceptors (Lipinski definition) is 5. The Kier molecular flexibility index (Phi) is 4.81. The minimum absolute atomic E-state index is 0.163. The van der Waals surface area contributed by atoms with E-state index in [1.807, 2.05) is 14.0 Å². The number of carbonyl (C=O) groups is 1. The van der Waals surface area contributed by atoms with E-state index in [0.29, 0.717) is 31.7 Å². The fraction of sp³-hybridized carbons (Fsp3) is 0.636. The highest BCUT2D eigenvalue weighted by molar-refractivity contribution is 5.69. The van der Waals surface area contributed by atoms with Crippen molar-refractivity contribution in [2.24, 2.45) is 7.05 Å². The van der Waals surface area contributed by atoms with Gasteiger partial charge in [0, 0.05) is 20.0 Å². The Morgan fingerprint density at radius 2 is 2.29 bits per heavy atom. The Balaban J connectivity index is 2.34. The number of aryl methyl sites for hydroxylation is 2. The van der Waals surface area contributed by atoms with Crippen LogP contribution in [0.2, 0.25) is 0 Å². The average Bonchev–Trinajstić information content (AvgIpc) is 2.50. The molecule has 0 amide bonds. The lowest BCUT2D eigenvalue weighted by molar-refractivity contribution is -0.143. The quantitative estimate of drug-likeness (QED) is 0.574. The van der Waals surface area contributed by atoms with E-state index in [0.717, 1.165) is 11.5 Å². The topological polar surface area (TPSA) is 82.2 Å². The molecule has 1 aromatic rings. The van der Waals surface area contributed by atoms with Crippen molar-refractivity contribution >= 4 is 17.5 Å². The first kappa shape index (κ1) is 13.3. The largest absolute Gasteiger partial charge is 0.466 e. The van der Waals surface area contributed by atoms with E-state index in [4.69, 9.17) is 10.5 Å². The summed E-state index contributed by atoms with van der Waals surface area (Å²) >= 11 is 0. The molecule has 0 bridgehead atoms. The lowest BCUT2D eigenvalue weighted by Crippen LogP contribution is -2.11. The highest BCUT2D eigenvalue weighted by atomic mass is 16.5. The maximum absolute atomic E-state index is 11.1. The Morgan fingerprint density at radius 1 is 1.59 bits per heavy atom. The third-order valence-corrected chi connectivity index (χ3v) is 2.42. The summed E-state index contributed by atoms with van der Waals surface area (Å²) in [6.45, 7) is 4.76. The van der Waals surface area contributed by atoms with Crippen molar-refractivity contribution < 1.29 is 9.53 Å². The zero-order chi connectivity index (χ0) is 12.8. The van der Waals surface area contributed by atoms with Gasteiger partial charge in [-0.3, -0.25) is 9.48 Å². The number of anilines is 2. The van der Waals surface area contributed by atoms with Crippen LogP contribution in [0.15, 0.2) is 0 Å². The van der Waals surface area contributed by atoms with E-state index in [1.54, 1.807) is 11.6 Å². The van der Waals surface area contributed by atoms with E-state index in [1.165, 1.54) is 0 Å². The molecule has 1 rings (SSSR count). The second-order valence-electron chi connectivity index (χ2n) is 3.81. The van der Waals surface area contributed by atoms with Gasteiger partial charge in [-0.2, -0.15) is 5.10 Å². The fourth-order valence-electron chi connectivity index (χ4n) is 1.56. The monoisotopic (exact) mass is 240 g/mol. The number of rotatable bonds is 6. The summed E-state index contributed by atoms with van der Waals surface area (Å²) in [6, 6.07) is 0. The second kappa shape index (κ2) is 6.12. The number of carbonyl (C=O) groups excluding carboxylic acids is 1. The van der Waals surface area contributed by atoms with Gasteiger partial charge in [0.25, 0.3) is 0 Å². The van der Waals surface area contributed by atoms with Crippen molar-refractivity contribution in [1.82, 2.24) is 9.78 Å². The smallest absolute Gasteiger partial charge is 0.305 e. The molecule has 0 fully saturated rings. The predicted octanol–water partition coefficient (Wildman–Crippen LogP) is 1.07. The fourth-order valence-corrected chi connectivity index (χ4v) is 1.56. The number of nitrogens with two attached hydrogens (primary N) is 1. The number of esters is 1. The summed E-state index contributed by atoms with van der Waals surface area (Å²) in [7, 11) is 1.83. The molecule has 0 aromatic carbocycles. The van der Waals surface area contributed by atoms with Crippen LogP contribution < -0.4 is 11.1 Å². The number of nitrogens with zero attached hydrogens (tertiary/aromatic N) is 2. The predicted molar refractivity (Wildman–Crippen MR) is 66.7 cm³/mol. The van der Waals surface area contributed by atoms with Crippen LogP contribution in [0.5, 0.6) is 0 Å². The molecule has 0 saturated carbocycles. The highest BCUT2D eigenvalue weighted by Gasteiger charge is 2.09. The molecule has 0 radical (unpaired) electrons. The van der Waals surface area contributed by atoms with Crippen LogP contribution >= 0.6 is 0 Å². The van der Waals surface area contributed by atoms with Gasteiger partial charge in [0.05, 0.1) is 18.0 Å². The van der Waals surface area contributed by atoms with E-state index < -0.39 is 0 Å². The number of ether oxygens (including phenoxy) is 1. The molecule has 1 aromatic heterocycles. The molecule has 0 saturated heterocycles. The van der Waals surface area contributed by atoms with Gasteiger partial charge in [-0.25, -0.2) is 0 Å². The molecule has 96 valence electrons. The third kappa shape index (κ3) is 3.65. The number of nitrogens with one attached hydrogen (secondary N) is 1. The lowest BCUT2D eigenvalue weighted by atomic mass is 10.3. The first-order valence-corrected chi connectivity index (χ1v) is 5.74. The summed E-state index contributed by atoms with van der Waals surface area (Å²) in [5.74, 6) is 0.634. The lowest BCUT2D eigenvalue weighted by Gasteiger charge is -2.07. The zero-order valence-electron chi connectivity index (χ0n) is 10.6. The van der Waals surface area contributed by atoms with Crippen LogP contribution in [0, 0.1) is 6.92 Å². The van der Waals surface area contributed by atoms with Crippen LogP contribution in [0.4, 0.5) is 11.5 Å². The molecule has 0 atom stereocenters. The minimum atomic E-state index is -0.163. The van der Waals surface area contributed by atoms with Gasteiger partial charge in [-0.1, -0.05) is 0 Å². The van der Waals surface area contributed by atoms with Crippen LogP contribution in [-0.2, 0) is 16.6 Å². The molecule has 0 aliphatic heterocycles. The molecule has 6 heteroatoms. The van der Waals surface area contributed by atoms with Crippen molar-refractivity contribution in [3.05, 3.63) is 5.69 Å². The van der Waals surface area contributed by atoms with Crippen molar-refractivity contribution in [3.8, 4) is 0 Å². The molecule has 6 nitrogen and oxygen atoms in total. The highest BCUT2D eigenvalue weighted by Crippen LogP contribution is 2.20. The van der Waals surface area contributed by atoms with Gasteiger partial charge in [-0.15, -0.1) is 0 Å². The van der Waals surface area contributed by atoms with Crippen LogP contribution in [-0.4, -0.2) is 28.9 Å². The summed E-state index contributed by atoms with van der Waals surface area (Å²) in [6.07, 6.45) is 1.13. The van der Waals surface area contributed by atoms with E-state index >= 15 is 0 Å². The number of hydrogen-bond donors (Lipinski definition) is 2. The Hall–Kier alpha value is -1.72. The van der Waals surface area contributed by atoms with Gasteiger partial charge in [0.1, 0.15) is 5.82 Å². The number of nitrogen functional groups attached to an aromatic ring is 1. The average molecular weight is 240 g/mol. The van der Waals surface area contributed by atoms with Crippen molar-refractivity contribution in [3.63, 3.8) is 0 Å². The van der Waals surface area contributed by atoms with Crippen LogP contribution in [0.25, 0.3) is 0 Å². The van der Waals surface area contributed by atoms with Gasteiger partial charge in [0.2, 0.25) is 0 Å². The van der Waals surface area contributed by atoms with Gasteiger partial charge in [-0.05, 0) is 20.3 Å². The molecular weight excluding hydrogens is 220 g/mol. The Labute approximate surface area is 101 Å². The van der Waals surface area contributed by atoms with E-state index in [2.05, 4.69) is 10.4 Å². The molecule has 1 heterocycles. The second-order valence-corrected chi connectivity index (χ2v) is 3.81. The van der Waals surface area contributed by atoms with Crippen molar-refractivity contribution in [2.75, 3.05) is 24.2 Å². The van der Waals surface area contributed by atoms with E-state index in [-0.39, 0.29) is 5.97 Å². The SMILES string of the molecule is CCOC(=O)CCCNc1c(N)c(C)nn1C. The Morgan fingerprint density at radius 3 is 2.82 bits per heavy atom. The summed E-state index contributed by atoms with van der Waals surface area (Å²) in [4.78, 5) is 11.1. The molecule has 0 unspecified atom stereocenters. The van der Waals surface area contributed by atoms with Crippen molar-refractivity contribution in [1.29, 1.82) is 0 Å². The Bertz CT molecular complexity index is 387. The summed E-state index contributed by atoms with van der Waals surface area (Å²) in [5.41, 5.74) is 7.32. The minimum Gasteiger partial charge on any atom is -0.466 e. The normalized spacial score (nSPS) is 10.3. The third-order valence-electron chi connectivity index (χ3n) is 2.42. The summed E-state index contributed by atoms with van der Waals surface area (Å²) in [5, 5.41) is 7.36. The molecule has 0 spiro atoms. The van der Waals surface area contributed by atoms with Gasteiger partial charge in [0.15, 0.2) is 0 Å². The van der Waals surface area contributed by atoms with Crippen molar-refractivity contribution in [2.45, 2.75) is 26.7 Å². The standard InChI is InChI=1S/C11H20N4O2/c1-4-17-9(16)6-5-7-13-11-10(12)8(2)14-15(11)3/h13H,4-7,12H2,1-3H3. The molecule has 0 aliphatic rings. The maximum atomic E-state index is 11.1. The molecule has 0 aliphatic carbocycles. The van der Waals surface area contributed by atoms with E-state index in [9.17, 15) is 4.79 Å². The maximum Gasteiger partial charge on any atom is 0.305 e. The summed E-state index contributed by atoms with van der Waals surface area (Å²) < 4.78 is 6.54. The molecule has 17 heavy (non-hydrogen) atoms. The molecular formula is C11H20N4O2. The van der Waals surface area contributed by atoms with Gasteiger partial charge < -0.3 is 15.8 Å². The zero-order valence-corrected chi connectivity index (χ0v) is 10.6. The first-order chi connectivity index (χ1) is 8.06. The first-order valence-electron chi connectivity index (χ1n) is 5.74. The van der Waals surface area contributed by atoms with Crippen LogP contribution in [0.3, 0.4) is 0 Å². The van der Waals surface area contributed by atoms with Crippen LogP contribution in [0.1, 0.15) is 25.5 Å².